The molecule has 0 aromatic carbocycles. The second-order valence-electron chi connectivity index (χ2n) is 12.0. The third-order valence-corrected chi connectivity index (χ3v) is 8.29. The van der Waals surface area contributed by atoms with Crippen molar-refractivity contribution in [3.05, 3.63) is 14.9 Å². The lowest BCUT2D eigenvalue weighted by Crippen LogP contribution is -2.53. The SMILES string of the molecule is CC(C)C[C@@H]([C@@H](O)CP(=O)(O)O)[N+](C)(C)C.COP(C)(=O)C[C@H](O)[C@H](CC(C)C)[N+](C)(C)C.[CH3-].[CH3-]. The van der Waals surface area contributed by atoms with Crippen LogP contribution in [-0.4, -0.2) is 122 Å². The Morgan fingerprint density at radius 1 is 0.714 bits per heavy atom. The molecule has 0 aromatic rings. The van der Waals surface area contributed by atoms with Crippen LogP contribution in [0.5, 0.6) is 0 Å². The number of aliphatic hydroxyl groups excluding tert-OH is 2. The van der Waals surface area contributed by atoms with Crippen LogP contribution in [0.25, 0.3) is 0 Å². The quantitative estimate of drug-likeness (QED) is 0.157. The van der Waals surface area contributed by atoms with Gasteiger partial charge in [0.2, 0.25) is 7.37 Å². The molecule has 11 heteroatoms. The van der Waals surface area contributed by atoms with Gasteiger partial charge in [-0.1, -0.05) is 27.7 Å². The summed E-state index contributed by atoms with van der Waals surface area (Å²) in [7, 11) is 6.59. The molecular formula is C24H60N2O7P2. The van der Waals surface area contributed by atoms with Crippen LogP contribution in [0.4, 0.5) is 0 Å². The molecule has 0 aliphatic rings. The summed E-state index contributed by atoms with van der Waals surface area (Å²) in [5, 5.41) is 20.2. The van der Waals surface area contributed by atoms with Crippen molar-refractivity contribution in [3.8, 4) is 0 Å². The van der Waals surface area contributed by atoms with Crippen LogP contribution in [0.1, 0.15) is 40.5 Å². The van der Waals surface area contributed by atoms with Crippen molar-refractivity contribution in [2.45, 2.75) is 64.8 Å². The second kappa shape index (κ2) is 16.9. The van der Waals surface area contributed by atoms with Gasteiger partial charge in [-0.3, -0.25) is 9.13 Å². The highest BCUT2D eigenvalue weighted by Crippen LogP contribution is 2.43. The molecule has 5 atom stereocenters. The number of nitrogens with zero attached hydrogens (tertiary/aromatic N) is 2. The van der Waals surface area contributed by atoms with E-state index in [1.807, 2.05) is 35.0 Å². The smallest absolute Gasteiger partial charge is 0.328 e. The zero-order valence-corrected chi connectivity index (χ0v) is 26.9. The van der Waals surface area contributed by atoms with Crippen LogP contribution in [0, 0.1) is 26.7 Å². The van der Waals surface area contributed by atoms with E-state index in [9.17, 15) is 19.3 Å². The molecule has 4 N–H and O–H groups in total. The van der Waals surface area contributed by atoms with Crippen LogP contribution < -0.4 is 0 Å². The predicted molar refractivity (Wildman–Crippen MR) is 150 cm³/mol. The van der Waals surface area contributed by atoms with Gasteiger partial charge >= 0.3 is 7.60 Å². The molecule has 0 aliphatic heterocycles. The van der Waals surface area contributed by atoms with Crippen LogP contribution >= 0.6 is 15.0 Å². The van der Waals surface area contributed by atoms with Gasteiger partial charge in [0.1, 0.15) is 24.3 Å². The third kappa shape index (κ3) is 20.9. The normalized spacial score (nSPS) is 17.8. The fourth-order valence-corrected chi connectivity index (χ4v) is 5.65. The van der Waals surface area contributed by atoms with E-state index < -0.39 is 33.3 Å². The van der Waals surface area contributed by atoms with Crippen molar-refractivity contribution in [1.82, 2.24) is 0 Å². The molecule has 0 aromatic heterocycles. The molecule has 0 heterocycles. The summed E-state index contributed by atoms with van der Waals surface area (Å²) in [4.78, 5) is 17.8. The molecule has 0 saturated heterocycles. The molecule has 0 amide bonds. The highest BCUT2D eigenvalue weighted by molar-refractivity contribution is 7.58. The lowest BCUT2D eigenvalue weighted by atomic mass is 9.97. The van der Waals surface area contributed by atoms with E-state index in [2.05, 4.69) is 35.0 Å². The number of hydrogen-bond acceptors (Lipinski definition) is 5. The molecule has 0 saturated carbocycles. The van der Waals surface area contributed by atoms with Crippen LogP contribution in [-0.2, 0) is 13.7 Å². The third-order valence-electron chi connectivity index (χ3n) is 5.63. The molecule has 35 heavy (non-hydrogen) atoms. The molecule has 0 spiro atoms. The van der Waals surface area contributed by atoms with Crippen molar-refractivity contribution in [2.24, 2.45) is 11.8 Å². The summed E-state index contributed by atoms with van der Waals surface area (Å²) < 4.78 is 28.9. The fraction of sp³-hybridized carbons (Fsp3) is 0.917. The van der Waals surface area contributed by atoms with Gasteiger partial charge in [0.25, 0.3) is 0 Å². The fourth-order valence-electron chi connectivity index (χ4n) is 3.85. The molecular weight excluding hydrogens is 490 g/mol. The molecule has 0 fully saturated rings. The first-order valence-corrected chi connectivity index (χ1v) is 15.6. The number of aliphatic hydroxyl groups is 2. The minimum absolute atomic E-state index is 0. The summed E-state index contributed by atoms with van der Waals surface area (Å²) in [5.74, 6) is 0.888. The van der Waals surface area contributed by atoms with E-state index in [1.54, 1.807) is 6.66 Å². The van der Waals surface area contributed by atoms with E-state index in [0.717, 1.165) is 12.8 Å². The molecule has 218 valence electrons. The van der Waals surface area contributed by atoms with Gasteiger partial charge in [0, 0.05) is 26.6 Å². The van der Waals surface area contributed by atoms with Crippen molar-refractivity contribution >= 4 is 15.0 Å². The summed E-state index contributed by atoms with van der Waals surface area (Å²) in [6.07, 6.45) is -0.133. The Labute approximate surface area is 217 Å². The van der Waals surface area contributed by atoms with E-state index in [1.165, 1.54) is 7.11 Å². The maximum absolute atomic E-state index is 11.9. The Hall–Kier alpha value is 0.180. The Balaban J connectivity index is -0.000000260. The number of hydrogen-bond donors (Lipinski definition) is 4. The maximum atomic E-state index is 11.9. The van der Waals surface area contributed by atoms with Gasteiger partial charge in [0.05, 0.1) is 54.6 Å². The minimum atomic E-state index is -4.15. The molecule has 9 nitrogen and oxygen atoms in total. The lowest BCUT2D eigenvalue weighted by Gasteiger charge is -2.38. The number of quaternary nitrogens is 2. The topological polar surface area (TPSA) is 124 Å². The Bertz CT molecular complexity index is 641. The molecule has 0 radical (unpaired) electrons. The minimum Gasteiger partial charge on any atom is -0.386 e. The highest BCUT2D eigenvalue weighted by Gasteiger charge is 2.36. The van der Waals surface area contributed by atoms with Crippen molar-refractivity contribution in [3.63, 3.8) is 0 Å². The van der Waals surface area contributed by atoms with Gasteiger partial charge in [-0.25, -0.2) is 0 Å². The zero-order chi connectivity index (χ0) is 27.0. The first-order valence-electron chi connectivity index (χ1n) is 11.6. The van der Waals surface area contributed by atoms with Crippen molar-refractivity contribution in [1.29, 1.82) is 0 Å². The molecule has 0 bridgehead atoms. The van der Waals surface area contributed by atoms with Gasteiger partial charge in [-0.05, 0) is 11.8 Å². The predicted octanol–water partition coefficient (Wildman–Crippen LogP) is 3.57. The summed E-state index contributed by atoms with van der Waals surface area (Å²) in [6, 6.07) is -0.0777. The lowest BCUT2D eigenvalue weighted by molar-refractivity contribution is -0.900. The highest BCUT2D eigenvalue weighted by atomic mass is 31.2. The van der Waals surface area contributed by atoms with Crippen molar-refractivity contribution in [2.75, 3.05) is 68.4 Å². The van der Waals surface area contributed by atoms with Crippen LogP contribution in [0.2, 0.25) is 0 Å². The van der Waals surface area contributed by atoms with E-state index in [0.29, 0.717) is 20.8 Å². The number of likely N-dealkylation sites (N-methyl/N-ethyl adjacent to an activating group) is 2. The van der Waals surface area contributed by atoms with E-state index in [-0.39, 0.29) is 33.1 Å². The van der Waals surface area contributed by atoms with Gasteiger partial charge in [-0.2, -0.15) is 0 Å². The average molecular weight is 551 g/mol. The summed E-state index contributed by atoms with van der Waals surface area (Å²) >= 11 is 0. The standard InChI is InChI=1S/C12H29NO3P.C10H24NO4P.2CH3/c1-10(2)8-11(13(3,4)5)12(14)9-17(7,15)16-6;1-8(2)6-9(11(3,4)5)10(12)7-16(13,14)15;;/h10-12,14H,8-9H2,1-7H3;8-10,12H,6-7H2,1-5H3,(H-,13,14,15);2*1H3/q+1;;2*-1/p+1/t11-,12-,17?;9-,10-;;/m00../s1. The largest absolute Gasteiger partial charge is 0.386 e. The zero-order valence-electron chi connectivity index (χ0n) is 25.1. The van der Waals surface area contributed by atoms with E-state index in [4.69, 9.17) is 14.3 Å². The molecule has 0 rings (SSSR count). The maximum Gasteiger partial charge on any atom is 0.328 e. The van der Waals surface area contributed by atoms with E-state index >= 15 is 0 Å². The van der Waals surface area contributed by atoms with Gasteiger partial charge in [-0.15, -0.1) is 0 Å². The van der Waals surface area contributed by atoms with Gasteiger partial charge in [0.15, 0.2) is 0 Å². The Morgan fingerprint density at radius 3 is 1.20 bits per heavy atom. The van der Waals surface area contributed by atoms with Crippen LogP contribution in [0.15, 0.2) is 0 Å². The van der Waals surface area contributed by atoms with Crippen LogP contribution in [0.3, 0.4) is 0 Å². The first kappa shape index (κ1) is 42.3. The summed E-state index contributed by atoms with van der Waals surface area (Å²) in [6.45, 7) is 9.92. The first-order chi connectivity index (χ1) is 14.4. The number of rotatable bonds is 13. The second-order valence-corrected chi connectivity index (χ2v) is 16.4. The molecule has 1 unspecified atom stereocenters. The van der Waals surface area contributed by atoms with Crippen molar-refractivity contribution < 1.29 is 42.6 Å². The Morgan fingerprint density at radius 2 is 1.00 bits per heavy atom. The average Bonchev–Trinajstić information content (AvgIpc) is 2.53. The summed E-state index contributed by atoms with van der Waals surface area (Å²) in [5.41, 5.74) is 0. The monoisotopic (exact) mass is 550 g/mol. The van der Waals surface area contributed by atoms with Gasteiger partial charge < -0.3 is 48.3 Å². The Kier molecular flexibility index (Phi) is 20.4. The molecule has 0 aliphatic carbocycles.